The third-order valence-corrected chi connectivity index (χ3v) is 2.73. The molecule has 0 spiro atoms. The summed E-state index contributed by atoms with van der Waals surface area (Å²) in [5.41, 5.74) is 1.24. The highest BCUT2D eigenvalue weighted by molar-refractivity contribution is 5.48. The van der Waals surface area contributed by atoms with Gasteiger partial charge in [-0.25, -0.2) is 4.98 Å². The third kappa shape index (κ3) is 2.61. The van der Waals surface area contributed by atoms with Gasteiger partial charge in [0.15, 0.2) is 0 Å². The topological polar surface area (TPSA) is 25.4 Å². The van der Waals surface area contributed by atoms with E-state index in [1.54, 1.807) is 0 Å². The van der Waals surface area contributed by atoms with Crippen LogP contribution >= 0.6 is 0 Å². The van der Waals surface area contributed by atoms with Crippen LogP contribution in [0.1, 0.15) is 26.2 Å². The molecule has 0 aliphatic carbocycles. The molecule has 1 aliphatic rings. The predicted molar refractivity (Wildman–Crippen MR) is 61.5 cm³/mol. The van der Waals surface area contributed by atoms with Crippen LogP contribution in [-0.4, -0.2) is 24.7 Å². The average molecular weight is 206 g/mol. The highest BCUT2D eigenvalue weighted by Crippen LogP contribution is 2.22. The van der Waals surface area contributed by atoms with Crippen molar-refractivity contribution in [3.05, 3.63) is 18.3 Å². The summed E-state index contributed by atoms with van der Waals surface area (Å²) in [7, 11) is 0. The van der Waals surface area contributed by atoms with E-state index in [1.165, 1.54) is 24.9 Å². The van der Waals surface area contributed by atoms with E-state index in [4.69, 9.17) is 4.74 Å². The van der Waals surface area contributed by atoms with E-state index in [0.29, 0.717) is 6.61 Å². The van der Waals surface area contributed by atoms with Crippen LogP contribution in [0.15, 0.2) is 18.3 Å². The molecule has 0 unspecified atom stereocenters. The minimum atomic E-state index is 0.677. The molecule has 3 heteroatoms. The molecule has 82 valence electrons. The number of piperidine rings is 1. The lowest BCUT2D eigenvalue weighted by atomic mass is 10.1. The van der Waals surface area contributed by atoms with Crippen molar-refractivity contribution in [1.29, 1.82) is 0 Å². The third-order valence-electron chi connectivity index (χ3n) is 2.73. The van der Waals surface area contributed by atoms with Gasteiger partial charge < -0.3 is 9.64 Å². The number of nitrogens with zero attached hydrogens (tertiary/aromatic N) is 2. The summed E-state index contributed by atoms with van der Waals surface area (Å²) >= 11 is 0. The minimum absolute atomic E-state index is 0.677. The molecule has 0 amide bonds. The molecule has 0 radical (unpaired) electrons. The van der Waals surface area contributed by atoms with Crippen molar-refractivity contribution in [2.45, 2.75) is 26.2 Å². The summed E-state index contributed by atoms with van der Waals surface area (Å²) < 4.78 is 5.40. The van der Waals surface area contributed by atoms with Crippen LogP contribution in [-0.2, 0) is 0 Å². The van der Waals surface area contributed by atoms with E-state index in [2.05, 4.69) is 16.0 Å². The summed E-state index contributed by atoms with van der Waals surface area (Å²) in [6.07, 6.45) is 5.79. The van der Waals surface area contributed by atoms with Crippen molar-refractivity contribution in [3.63, 3.8) is 0 Å². The van der Waals surface area contributed by atoms with Crippen LogP contribution in [0.5, 0.6) is 5.88 Å². The van der Waals surface area contributed by atoms with Gasteiger partial charge in [0.1, 0.15) is 0 Å². The fraction of sp³-hybridized carbons (Fsp3) is 0.583. The second-order valence-electron chi connectivity index (χ2n) is 3.83. The Morgan fingerprint density at radius 3 is 2.87 bits per heavy atom. The number of hydrogen-bond donors (Lipinski definition) is 0. The van der Waals surface area contributed by atoms with E-state index in [9.17, 15) is 0 Å². The molecule has 1 aliphatic heterocycles. The van der Waals surface area contributed by atoms with E-state index < -0.39 is 0 Å². The normalized spacial score (nSPS) is 16.5. The average Bonchev–Trinajstić information content (AvgIpc) is 2.31. The second-order valence-corrected chi connectivity index (χ2v) is 3.83. The number of pyridine rings is 1. The number of ether oxygens (including phenoxy) is 1. The van der Waals surface area contributed by atoms with Gasteiger partial charge in [-0.1, -0.05) is 0 Å². The van der Waals surface area contributed by atoms with Gasteiger partial charge in [-0.15, -0.1) is 0 Å². The minimum Gasteiger partial charge on any atom is -0.478 e. The predicted octanol–water partition coefficient (Wildman–Crippen LogP) is 2.47. The lowest BCUT2D eigenvalue weighted by Crippen LogP contribution is -2.29. The molecule has 0 bridgehead atoms. The summed E-state index contributed by atoms with van der Waals surface area (Å²) in [6.45, 7) is 4.98. The number of hydrogen-bond acceptors (Lipinski definition) is 3. The van der Waals surface area contributed by atoms with Crippen LogP contribution < -0.4 is 9.64 Å². The number of rotatable bonds is 3. The lowest BCUT2D eigenvalue weighted by molar-refractivity contribution is 0.327. The Balaban J connectivity index is 2.09. The van der Waals surface area contributed by atoms with Crippen LogP contribution in [0.3, 0.4) is 0 Å². The standard InChI is InChI=1S/C12H18N2O/c1-2-15-12-10-11(6-7-13-12)14-8-4-3-5-9-14/h6-7,10H,2-5,8-9H2,1H3. The summed E-state index contributed by atoms with van der Waals surface area (Å²) in [5, 5.41) is 0. The molecular weight excluding hydrogens is 188 g/mol. The lowest BCUT2D eigenvalue weighted by Gasteiger charge is -2.28. The zero-order valence-corrected chi connectivity index (χ0v) is 9.28. The fourth-order valence-electron chi connectivity index (χ4n) is 1.97. The van der Waals surface area contributed by atoms with Crippen LogP contribution in [0.4, 0.5) is 5.69 Å². The Bertz CT molecular complexity index is 308. The second kappa shape index (κ2) is 5.01. The smallest absolute Gasteiger partial charge is 0.215 e. The number of anilines is 1. The summed E-state index contributed by atoms with van der Waals surface area (Å²) in [5.74, 6) is 0.737. The molecule has 15 heavy (non-hydrogen) atoms. The Hall–Kier alpha value is -1.25. The quantitative estimate of drug-likeness (QED) is 0.759. The first kappa shape index (κ1) is 10.3. The first-order chi connectivity index (χ1) is 7.40. The molecule has 1 saturated heterocycles. The molecular formula is C12H18N2O. The molecule has 0 atom stereocenters. The van der Waals surface area contributed by atoms with Crippen molar-refractivity contribution >= 4 is 5.69 Å². The van der Waals surface area contributed by atoms with Gasteiger partial charge in [0, 0.05) is 31.0 Å². The van der Waals surface area contributed by atoms with Gasteiger partial charge in [-0.05, 0) is 32.3 Å². The largest absolute Gasteiger partial charge is 0.478 e. The zero-order chi connectivity index (χ0) is 10.5. The Morgan fingerprint density at radius 1 is 1.33 bits per heavy atom. The van der Waals surface area contributed by atoms with Crippen LogP contribution in [0.25, 0.3) is 0 Å². The highest BCUT2D eigenvalue weighted by atomic mass is 16.5. The van der Waals surface area contributed by atoms with E-state index in [1.807, 2.05) is 19.2 Å². The number of aromatic nitrogens is 1. The van der Waals surface area contributed by atoms with Gasteiger partial charge in [0.05, 0.1) is 6.61 Å². The first-order valence-electron chi connectivity index (χ1n) is 5.74. The molecule has 0 N–H and O–H groups in total. The maximum atomic E-state index is 5.40. The molecule has 1 fully saturated rings. The van der Waals surface area contributed by atoms with Gasteiger partial charge in [-0.3, -0.25) is 0 Å². The molecule has 2 rings (SSSR count). The Labute approximate surface area is 91.1 Å². The molecule has 1 aromatic rings. The molecule has 0 saturated carbocycles. The molecule has 0 aromatic carbocycles. The van der Waals surface area contributed by atoms with Crippen molar-refractivity contribution < 1.29 is 4.74 Å². The van der Waals surface area contributed by atoms with Crippen LogP contribution in [0, 0.1) is 0 Å². The van der Waals surface area contributed by atoms with Crippen molar-refractivity contribution in [3.8, 4) is 5.88 Å². The molecule has 3 nitrogen and oxygen atoms in total. The molecule has 1 aromatic heterocycles. The van der Waals surface area contributed by atoms with Gasteiger partial charge >= 0.3 is 0 Å². The highest BCUT2D eigenvalue weighted by Gasteiger charge is 2.11. The summed E-state index contributed by atoms with van der Waals surface area (Å²) in [4.78, 5) is 6.59. The Morgan fingerprint density at radius 2 is 2.13 bits per heavy atom. The first-order valence-corrected chi connectivity index (χ1v) is 5.74. The van der Waals surface area contributed by atoms with E-state index in [0.717, 1.165) is 19.0 Å². The van der Waals surface area contributed by atoms with E-state index >= 15 is 0 Å². The van der Waals surface area contributed by atoms with Crippen molar-refractivity contribution in [2.75, 3.05) is 24.6 Å². The summed E-state index contributed by atoms with van der Waals surface area (Å²) in [6, 6.07) is 4.10. The van der Waals surface area contributed by atoms with Crippen molar-refractivity contribution in [1.82, 2.24) is 4.98 Å². The Kier molecular flexibility index (Phi) is 3.43. The maximum Gasteiger partial charge on any atom is 0.215 e. The fourth-order valence-corrected chi connectivity index (χ4v) is 1.97. The molecule has 2 heterocycles. The zero-order valence-electron chi connectivity index (χ0n) is 9.28. The van der Waals surface area contributed by atoms with Crippen LogP contribution in [0.2, 0.25) is 0 Å². The van der Waals surface area contributed by atoms with Gasteiger partial charge in [-0.2, -0.15) is 0 Å². The van der Waals surface area contributed by atoms with Gasteiger partial charge in [0.2, 0.25) is 5.88 Å². The van der Waals surface area contributed by atoms with Gasteiger partial charge in [0.25, 0.3) is 0 Å². The van der Waals surface area contributed by atoms with E-state index in [-0.39, 0.29) is 0 Å². The maximum absolute atomic E-state index is 5.40. The van der Waals surface area contributed by atoms with Crippen molar-refractivity contribution in [2.24, 2.45) is 0 Å². The SMILES string of the molecule is CCOc1cc(N2CCCCC2)ccn1. The monoisotopic (exact) mass is 206 g/mol.